The van der Waals surface area contributed by atoms with Gasteiger partial charge in [-0.1, -0.05) is 0 Å². The Hall–Kier alpha value is -0.890. The van der Waals surface area contributed by atoms with Gasteiger partial charge in [-0.3, -0.25) is 9.88 Å². The van der Waals surface area contributed by atoms with Crippen LogP contribution < -0.4 is 0 Å². The van der Waals surface area contributed by atoms with E-state index in [2.05, 4.69) is 36.7 Å². The van der Waals surface area contributed by atoms with E-state index in [1.807, 2.05) is 12.4 Å². The second-order valence-corrected chi connectivity index (χ2v) is 4.72. The summed E-state index contributed by atoms with van der Waals surface area (Å²) in [4.78, 5) is 6.77. The minimum Gasteiger partial charge on any atom is -0.294 e. The van der Waals surface area contributed by atoms with Gasteiger partial charge in [-0.2, -0.15) is 0 Å². The molecule has 2 heterocycles. The molecule has 1 aromatic heterocycles. The maximum absolute atomic E-state index is 4.17. The predicted molar refractivity (Wildman–Crippen MR) is 62.8 cm³/mol. The summed E-state index contributed by atoms with van der Waals surface area (Å²) in [7, 11) is 0. The quantitative estimate of drug-likeness (QED) is 0.736. The second-order valence-electron chi connectivity index (χ2n) is 4.72. The van der Waals surface area contributed by atoms with Crippen molar-refractivity contribution in [2.75, 3.05) is 6.54 Å². The molecular weight excluding hydrogens is 184 g/mol. The third kappa shape index (κ3) is 2.05. The van der Waals surface area contributed by atoms with E-state index in [-0.39, 0.29) is 0 Å². The van der Waals surface area contributed by atoms with Gasteiger partial charge in [0.05, 0.1) is 0 Å². The van der Waals surface area contributed by atoms with Crippen molar-refractivity contribution in [2.24, 2.45) is 0 Å². The Kier molecular flexibility index (Phi) is 3.06. The monoisotopic (exact) mass is 204 g/mol. The van der Waals surface area contributed by atoms with Gasteiger partial charge in [-0.05, 0) is 57.4 Å². The summed E-state index contributed by atoms with van der Waals surface area (Å²) < 4.78 is 0. The molecule has 0 spiro atoms. The zero-order chi connectivity index (χ0) is 10.8. The van der Waals surface area contributed by atoms with Crippen LogP contribution in [-0.2, 0) is 0 Å². The minimum atomic E-state index is 0.619. The van der Waals surface area contributed by atoms with Crippen molar-refractivity contribution in [3.8, 4) is 0 Å². The third-order valence-corrected chi connectivity index (χ3v) is 3.38. The number of hydrogen-bond donors (Lipinski definition) is 0. The molecule has 1 aliphatic heterocycles. The van der Waals surface area contributed by atoms with Crippen LogP contribution in [0, 0.1) is 6.92 Å². The summed E-state index contributed by atoms with van der Waals surface area (Å²) in [6.07, 6.45) is 6.51. The molecule has 0 aliphatic carbocycles. The van der Waals surface area contributed by atoms with Crippen LogP contribution in [0.1, 0.15) is 43.9 Å². The van der Waals surface area contributed by atoms with Gasteiger partial charge in [-0.25, -0.2) is 0 Å². The highest BCUT2D eigenvalue weighted by atomic mass is 15.2. The van der Waals surface area contributed by atoms with Crippen molar-refractivity contribution in [1.82, 2.24) is 9.88 Å². The molecule has 1 saturated heterocycles. The average molecular weight is 204 g/mol. The summed E-state index contributed by atoms with van der Waals surface area (Å²) in [5.74, 6) is 0. The molecule has 15 heavy (non-hydrogen) atoms. The van der Waals surface area contributed by atoms with Gasteiger partial charge in [0, 0.05) is 24.5 Å². The van der Waals surface area contributed by atoms with Gasteiger partial charge in [0.25, 0.3) is 0 Å². The molecule has 0 bridgehead atoms. The Bertz CT molecular complexity index is 333. The Morgan fingerprint density at radius 2 is 2.27 bits per heavy atom. The van der Waals surface area contributed by atoms with Crippen molar-refractivity contribution in [1.29, 1.82) is 0 Å². The first kappa shape index (κ1) is 10.6. The molecule has 1 unspecified atom stereocenters. The van der Waals surface area contributed by atoms with Gasteiger partial charge in [-0.15, -0.1) is 0 Å². The SMILES string of the molecule is Cc1cnccc1C1CCCN1C(C)C. The fourth-order valence-electron chi connectivity index (χ4n) is 2.60. The zero-order valence-corrected chi connectivity index (χ0v) is 9.90. The molecule has 1 aliphatic rings. The Labute approximate surface area is 92.3 Å². The van der Waals surface area contributed by atoms with Crippen LogP contribution in [0.25, 0.3) is 0 Å². The summed E-state index contributed by atoms with van der Waals surface area (Å²) in [6, 6.07) is 3.44. The largest absolute Gasteiger partial charge is 0.294 e. The molecular formula is C13H20N2. The summed E-state index contributed by atoms with van der Waals surface area (Å²) >= 11 is 0. The highest BCUT2D eigenvalue weighted by Gasteiger charge is 2.28. The lowest BCUT2D eigenvalue weighted by Gasteiger charge is -2.29. The zero-order valence-electron chi connectivity index (χ0n) is 9.90. The maximum Gasteiger partial charge on any atom is 0.0355 e. The smallest absolute Gasteiger partial charge is 0.0355 e. The van der Waals surface area contributed by atoms with Crippen LogP contribution in [0.3, 0.4) is 0 Å². The average Bonchev–Trinajstić information content (AvgIpc) is 2.67. The van der Waals surface area contributed by atoms with Gasteiger partial charge in [0.2, 0.25) is 0 Å². The van der Waals surface area contributed by atoms with Crippen LogP contribution in [0.5, 0.6) is 0 Å². The second kappa shape index (κ2) is 4.31. The Morgan fingerprint density at radius 1 is 1.47 bits per heavy atom. The van der Waals surface area contributed by atoms with E-state index in [4.69, 9.17) is 0 Å². The fraction of sp³-hybridized carbons (Fsp3) is 0.615. The number of aromatic nitrogens is 1. The molecule has 0 saturated carbocycles. The molecule has 2 rings (SSSR count). The number of hydrogen-bond acceptors (Lipinski definition) is 2. The number of aryl methyl sites for hydroxylation is 1. The van der Waals surface area contributed by atoms with E-state index in [0.29, 0.717) is 12.1 Å². The first-order valence-electron chi connectivity index (χ1n) is 5.86. The van der Waals surface area contributed by atoms with Crippen LogP contribution >= 0.6 is 0 Å². The summed E-state index contributed by atoms with van der Waals surface area (Å²) in [6.45, 7) is 7.98. The van der Waals surface area contributed by atoms with E-state index in [1.54, 1.807) is 0 Å². The lowest BCUT2D eigenvalue weighted by Crippen LogP contribution is -2.30. The highest BCUT2D eigenvalue weighted by molar-refractivity contribution is 5.26. The number of rotatable bonds is 2. The normalized spacial score (nSPS) is 22.5. The standard InChI is InChI=1S/C13H20N2/c1-10(2)15-8-4-5-13(15)12-6-7-14-9-11(12)3/h6-7,9-10,13H,4-5,8H2,1-3H3. The fourth-order valence-corrected chi connectivity index (χ4v) is 2.60. The van der Waals surface area contributed by atoms with Crippen LogP contribution in [-0.4, -0.2) is 22.5 Å². The van der Waals surface area contributed by atoms with Gasteiger partial charge >= 0.3 is 0 Å². The molecule has 82 valence electrons. The number of pyridine rings is 1. The van der Waals surface area contributed by atoms with Gasteiger partial charge < -0.3 is 0 Å². The minimum absolute atomic E-state index is 0.619. The van der Waals surface area contributed by atoms with E-state index in [9.17, 15) is 0 Å². The van der Waals surface area contributed by atoms with E-state index < -0.39 is 0 Å². The topological polar surface area (TPSA) is 16.1 Å². The predicted octanol–water partition coefficient (Wildman–Crippen LogP) is 2.94. The maximum atomic E-state index is 4.17. The molecule has 0 radical (unpaired) electrons. The number of likely N-dealkylation sites (tertiary alicyclic amines) is 1. The Morgan fingerprint density at radius 3 is 2.93 bits per heavy atom. The first-order chi connectivity index (χ1) is 7.20. The summed E-state index contributed by atoms with van der Waals surface area (Å²) in [5.41, 5.74) is 2.80. The van der Waals surface area contributed by atoms with Crippen LogP contribution in [0.2, 0.25) is 0 Å². The molecule has 2 nitrogen and oxygen atoms in total. The number of nitrogens with zero attached hydrogens (tertiary/aromatic N) is 2. The van der Waals surface area contributed by atoms with E-state index in [0.717, 1.165) is 0 Å². The van der Waals surface area contributed by atoms with Gasteiger partial charge in [0.1, 0.15) is 0 Å². The highest BCUT2D eigenvalue weighted by Crippen LogP contribution is 2.34. The molecule has 2 heteroatoms. The van der Waals surface area contributed by atoms with Crippen molar-refractivity contribution >= 4 is 0 Å². The summed E-state index contributed by atoms with van der Waals surface area (Å²) in [5, 5.41) is 0. The van der Waals surface area contributed by atoms with Crippen molar-refractivity contribution in [2.45, 2.75) is 45.7 Å². The lowest BCUT2D eigenvalue weighted by atomic mass is 10.0. The van der Waals surface area contributed by atoms with Crippen LogP contribution in [0.4, 0.5) is 0 Å². The first-order valence-corrected chi connectivity index (χ1v) is 5.86. The van der Waals surface area contributed by atoms with Crippen molar-refractivity contribution in [3.05, 3.63) is 29.6 Å². The molecule has 0 aromatic carbocycles. The van der Waals surface area contributed by atoms with Crippen molar-refractivity contribution < 1.29 is 0 Å². The van der Waals surface area contributed by atoms with E-state index in [1.165, 1.54) is 30.5 Å². The Balaban J connectivity index is 2.27. The molecule has 1 fully saturated rings. The van der Waals surface area contributed by atoms with Crippen molar-refractivity contribution in [3.63, 3.8) is 0 Å². The molecule has 0 amide bonds. The third-order valence-electron chi connectivity index (χ3n) is 3.38. The van der Waals surface area contributed by atoms with Gasteiger partial charge in [0.15, 0.2) is 0 Å². The lowest BCUT2D eigenvalue weighted by molar-refractivity contribution is 0.205. The molecule has 0 N–H and O–H groups in total. The molecule has 1 aromatic rings. The van der Waals surface area contributed by atoms with E-state index >= 15 is 0 Å². The molecule has 1 atom stereocenters. The van der Waals surface area contributed by atoms with Crippen LogP contribution in [0.15, 0.2) is 18.5 Å².